The maximum atomic E-state index is 11.6. The van der Waals surface area contributed by atoms with E-state index in [0.29, 0.717) is 83.6 Å². The maximum Gasteiger partial charge on any atom is 0.219 e. The molecule has 8 aliphatic rings. The van der Waals surface area contributed by atoms with Crippen LogP contribution in [0.5, 0.6) is 0 Å². The zero-order valence-corrected chi connectivity index (χ0v) is 74.7. The van der Waals surface area contributed by atoms with Crippen LogP contribution in [0.25, 0.3) is 0 Å². The fourth-order valence-electron chi connectivity index (χ4n) is 16.2. The highest BCUT2D eigenvalue weighted by Crippen LogP contribution is 2.39. The minimum Gasteiger partial charge on any atom is -0.343 e. The molecule has 17 nitrogen and oxygen atoms in total. The van der Waals surface area contributed by atoms with E-state index in [9.17, 15) is 39.6 Å². The van der Waals surface area contributed by atoms with Gasteiger partial charge in [0.05, 0.1) is 18.8 Å². The van der Waals surface area contributed by atoms with Gasteiger partial charge in [0.1, 0.15) is 0 Å². The SMILES string of the molecule is CC(=O)N1CCC(C(C)(C)C)CC1.CC(=O)N1CCCC(C(C)(C)C)C1.CC(=O)N1CCCCC1C(C)(C)C.CC(C)(C)C1CCCCN1S(C)(=O)=O.CC(C)(C)C1CCCN(S(C)(=O)=O)C1.CC(C)(C)C1CCCNC1.CC(C)(C)C1CCN(S(C)(=O)=O)CC1.CN1CCCCC1C(C)(C)C. The Morgan fingerprint density at radius 3 is 1.01 bits per heavy atom. The summed E-state index contributed by atoms with van der Waals surface area (Å²) in [6, 6.07) is 1.42. The summed E-state index contributed by atoms with van der Waals surface area (Å²) in [5.41, 5.74) is 2.52. The van der Waals surface area contributed by atoms with Crippen LogP contribution in [-0.2, 0) is 44.5 Å². The van der Waals surface area contributed by atoms with Gasteiger partial charge in [-0.1, -0.05) is 179 Å². The summed E-state index contributed by atoms with van der Waals surface area (Å²) in [5, 5.41) is 3.44. The molecule has 102 heavy (non-hydrogen) atoms. The number of nitrogens with zero attached hydrogens (tertiary/aromatic N) is 7. The second-order valence-electron chi connectivity index (χ2n) is 40.6. The molecule has 8 aliphatic heterocycles. The summed E-state index contributed by atoms with van der Waals surface area (Å²) in [4.78, 5) is 42.2. The molecule has 8 fully saturated rings. The molecule has 8 rings (SSSR count). The van der Waals surface area contributed by atoms with E-state index in [4.69, 9.17) is 0 Å². The number of carbonyl (C=O) groups excluding carboxylic acids is 3. The van der Waals surface area contributed by atoms with E-state index in [1.807, 2.05) is 14.7 Å². The van der Waals surface area contributed by atoms with Gasteiger partial charge in [-0.25, -0.2) is 33.9 Å². The van der Waals surface area contributed by atoms with Crippen molar-refractivity contribution in [3.8, 4) is 0 Å². The molecule has 1 N–H and O–H groups in total. The number of hydrogen-bond acceptors (Lipinski definition) is 11. The summed E-state index contributed by atoms with van der Waals surface area (Å²) in [5.74, 6) is 4.18. The normalized spacial score (nSPS) is 25.1. The second kappa shape index (κ2) is 41.7. The van der Waals surface area contributed by atoms with Crippen molar-refractivity contribution in [1.82, 2.24) is 37.8 Å². The third kappa shape index (κ3) is 37.4. The maximum absolute atomic E-state index is 11.6. The number of hydrogen-bond donors (Lipinski definition) is 1. The van der Waals surface area contributed by atoms with E-state index in [0.717, 1.165) is 95.5 Å². The van der Waals surface area contributed by atoms with E-state index in [-0.39, 0.29) is 40.0 Å². The lowest BCUT2D eigenvalue weighted by Gasteiger charge is -2.43. The molecule has 0 aromatic heterocycles. The predicted molar refractivity (Wildman–Crippen MR) is 434 cm³/mol. The van der Waals surface area contributed by atoms with Crippen LogP contribution in [0.1, 0.15) is 309 Å². The number of amides is 3. The molecule has 0 aliphatic carbocycles. The van der Waals surface area contributed by atoms with Crippen molar-refractivity contribution < 1.29 is 39.6 Å². The van der Waals surface area contributed by atoms with Gasteiger partial charge in [0, 0.05) is 104 Å². The summed E-state index contributed by atoms with van der Waals surface area (Å²) in [7, 11) is -6.71. The fraction of sp³-hybridized carbons (Fsp3) is 0.963. The molecule has 6 unspecified atom stereocenters. The Bertz CT molecular complexity index is 2770. The molecule has 0 spiro atoms. The molecule has 8 saturated heterocycles. The lowest BCUT2D eigenvalue weighted by molar-refractivity contribution is -0.135. The number of rotatable bonds is 3. The zero-order valence-electron chi connectivity index (χ0n) is 72.3. The number of likely N-dealkylation sites (tertiary alicyclic amines) is 4. The first-order valence-corrected chi connectivity index (χ1v) is 45.6. The quantitative estimate of drug-likeness (QED) is 0.283. The molecule has 3 amide bonds. The number of carbonyl (C=O) groups is 3. The third-order valence-electron chi connectivity index (χ3n) is 23.6. The summed E-state index contributed by atoms with van der Waals surface area (Å²) in [6.07, 6.45) is 26.6. The van der Waals surface area contributed by atoms with Crippen molar-refractivity contribution in [1.29, 1.82) is 0 Å². The molecule has 20 heteroatoms. The second-order valence-corrected chi connectivity index (χ2v) is 46.5. The average molecular weight is 1500 g/mol. The minimum atomic E-state index is -3.02. The highest BCUT2D eigenvalue weighted by molar-refractivity contribution is 7.88. The third-order valence-corrected chi connectivity index (χ3v) is 27.4. The van der Waals surface area contributed by atoms with Crippen molar-refractivity contribution in [2.24, 2.45) is 72.9 Å². The average Bonchev–Trinajstić information content (AvgIpc) is 0.814. The highest BCUT2D eigenvalue weighted by Gasteiger charge is 2.39. The predicted octanol–water partition coefficient (Wildman–Crippen LogP) is 16.8. The van der Waals surface area contributed by atoms with Gasteiger partial charge in [-0.2, -0.15) is 4.31 Å². The first-order chi connectivity index (χ1) is 46.0. The zero-order chi connectivity index (χ0) is 79.2. The van der Waals surface area contributed by atoms with Gasteiger partial charge in [-0.3, -0.25) is 14.4 Å². The highest BCUT2D eigenvalue weighted by atomic mass is 32.2. The molecular formula is C82H166N8O9S3. The number of piperidine rings is 8. The van der Waals surface area contributed by atoms with Crippen LogP contribution < -0.4 is 5.32 Å². The molecule has 606 valence electrons. The fourth-order valence-corrected chi connectivity index (χ4v) is 19.3. The summed E-state index contributed by atoms with van der Waals surface area (Å²) in [6.45, 7) is 71.0. The molecule has 0 aromatic rings. The van der Waals surface area contributed by atoms with Crippen molar-refractivity contribution >= 4 is 47.8 Å². The topological polar surface area (TPSA) is 188 Å². The Labute approximate surface area is 632 Å². The molecule has 0 saturated carbocycles. The van der Waals surface area contributed by atoms with Gasteiger partial charge in [0.25, 0.3) is 0 Å². The van der Waals surface area contributed by atoms with Gasteiger partial charge in [0.15, 0.2) is 0 Å². The van der Waals surface area contributed by atoms with E-state index >= 15 is 0 Å². The lowest BCUT2D eigenvalue weighted by atomic mass is 9.75. The largest absolute Gasteiger partial charge is 0.343 e. The molecule has 0 radical (unpaired) electrons. The van der Waals surface area contributed by atoms with Crippen LogP contribution in [0.3, 0.4) is 0 Å². The van der Waals surface area contributed by atoms with E-state index in [2.05, 4.69) is 183 Å². The monoisotopic (exact) mass is 1500 g/mol. The summed E-state index contributed by atoms with van der Waals surface area (Å²) < 4.78 is 73.3. The van der Waals surface area contributed by atoms with Gasteiger partial charge < -0.3 is 24.9 Å². The smallest absolute Gasteiger partial charge is 0.219 e. The van der Waals surface area contributed by atoms with Gasteiger partial charge in [-0.05, 0) is 209 Å². The molecule has 6 atom stereocenters. The van der Waals surface area contributed by atoms with Crippen LogP contribution in [-0.4, -0.2) is 205 Å². The van der Waals surface area contributed by atoms with Crippen LogP contribution in [0.15, 0.2) is 0 Å². The van der Waals surface area contributed by atoms with Crippen LogP contribution >= 0.6 is 0 Å². The Morgan fingerprint density at radius 2 is 0.686 bits per heavy atom. The van der Waals surface area contributed by atoms with Gasteiger partial charge >= 0.3 is 0 Å². The Morgan fingerprint density at radius 1 is 0.314 bits per heavy atom. The van der Waals surface area contributed by atoms with Crippen molar-refractivity contribution in [3.05, 3.63) is 0 Å². The number of sulfonamides is 3. The van der Waals surface area contributed by atoms with Crippen LogP contribution in [0.2, 0.25) is 0 Å². The molecular weight excluding hydrogens is 1340 g/mol. The Kier molecular flexibility index (Phi) is 40.1. The first kappa shape index (κ1) is 98.1. The van der Waals surface area contributed by atoms with E-state index in [1.165, 1.54) is 115 Å². The van der Waals surface area contributed by atoms with Crippen molar-refractivity contribution in [3.63, 3.8) is 0 Å². The van der Waals surface area contributed by atoms with Crippen molar-refractivity contribution in [2.75, 3.05) is 111 Å². The van der Waals surface area contributed by atoms with Crippen LogP contribution in [0, 0.1) is 72.9 Å². The first-order valence-electron chi connectivity index (χ1n) is 40.1. The Hall–Kier alpha value is -1.94. The standard InChI is InChI=1S/3C11H21NO.3C10H21NO2S.C10H21N.C9H19N/c1-9(13)12-7-5-10(6-8-12)11(2,3)4;1-9(13)12-7-5-6-10(8-12)11(2,3)4;1-9(13)12-8-6-5-7-10(12)11(2,3)4;1-10(2,3)9-5-7-11(8-6-9)14(4,12)13;1-10(2,3)9-6-5-7-11(8-9)14(4,12)13;1-10(2,3)9-7-5-6-8-11(9)14(4,12)13;1-10(2,3)9-7-5-6-8-11(9)4;1-9(2,3)8-5-4-6-10-7-8/h3*10H,5-8H2,1-4H3;3*9H,5-8H2,1-4H3;9H,5-8H2,1-4H3;8,10H,4-7H2,1-3H3. The van der Waals surface area contributed by atoms with Crippen LogP contribution in [0.4, 0.5) is 0 Å². The number of nitrogens with one attached hydrogen (secondary N) is 1. The van der Waals surface area contributed by atoms with Gasteiger partial charge in [-0.15, -0.1) is 0 Å². The van der Waals surface area contributed by atoms with Crippen molar-refractivity contribution in [2.45, 2.75) is 327 Å². The summed E-state index contributed by atoms with van der Waals surface area (Å²) >= 11 is 0. The lowest BCUT2D eigenvalue weighted by Crippen LogP contribution is -2.49. The van der Waals surface area contributed by atoms with E-state index in [1.54, 1.807) is 33.7 Å². The minimum absolute atomic E-state index is 0.0451. The van der Waals surface area contributed by atoms with Gasteiger partial charge in [0.2, 0.25) is 47.8 Å². The molecule has 0 aromatic carbocycles. The molecule has 8 heterocycles. The Balaban J connectivity index is 0.000000584. The molecule has 0 bridgehead atoms. The van der Waals surface area contributed by atoms with E-state index < -0.39 is 30.1 Å².